The monoisotopic (exact) mass is 1180 g/mol. The van der Waals surface area contributed by atoms with E-state index >= 15 is 0 Å². The topological polar surface area (TPSA) is 6.48 Å². The highest BCUT2D eigenvalue weighted by Crippen LogP contribution is 2.51. The molecule has 0 amide bonds. The minimum Gasteiger partial charge on any atom is -0.310 e. The molecule has 2 aliphatic rings. The van der Waals surface area contributed by atoms with Crippen molar-refractivity contribution in [3.63, 3.8) is 0 Å². The summed E-state index contributed by atoms with van der Waals surface area (Å²) in [5.41, 5.74) is 24.5. The fraction of sp³-hybridized carbons (Fsp3) is 0.133. The van der Waals surface area contributed by atoms with E-state index in [0.29, 0.717) is 0 Å². The van der Waals surface area contributed by atoms with Gasteiger partial charge in [0.1, 0.15) is 0 Å². The molecule has 0 radical (unpaired) electrons. The zero-order chi connectivity index (χ0) is 61.7. The maximum Gasteiger partial charge on any atom is 0.0540 e. The fourth-order valence-electron chi connectivity index (χ4n) is 14.4. The third-order valence-corrected chi connectivity index (χ3v) is 19.2. The van der Waals surface area contributed by atoms with Gasteiger partial charge in [-0.2, -0.15) is 0 Å². The van der Waals surface area contributed by atoms with Gasteiger partial charge in [-0.1, -0.05) is 278 Å². The highest BCUT2D eigenvalue weighted by Gasteiger charge is 2.24. The number of aryl methyl sites for hydroxylation is 2. The van der Waals surface area contributed by atoms with Crippen LogP contribution in [0.15, 0.2) is 278 Å². The average Bonchev–Trinajstić information content (AvgIpc) is 0.740. The Morgan fingerprint density at radius 1 is 0.239 bits per heavy atom. The van der Waals surface area contributed by atoms with Crippen molar-refractivity contribution in [2.45, 2.75) is 78.1 Å². The van der Waals surface area contributed by atoms with Crippen molar-refractivity contribution < 1.29 is 0 Å². The minimum atomic E-state index is 1.10. The summed E-state index contributed by atoms with van der Waals surface area (Å²) in [4.78, 5) is 4.85. The Balaban J connectivity index is 0.786. The SMILES string of the molecule is Cc1ccc(N(c2ccc(C=Cc3ccc(C=C4CCCCC4)cc3)cc2)c2ccc(-c3c4ccccc4c(-c4ccc(N(c5ccc(C)cc5)c5ccc(C=Cc6ccc(C=C7CCCCC7)cc6)cc5)c5ccccc45)c4ccccc34)c3ccccc23)cc1. The molecule has 0 bridgehead atoms. The lowest BCUT2D eigenvalue weighted by Gasteiger charge is -2.28. The van der Waals surface area contributed by atoms with Crippen LogP contribution in [-0.4, -0.2) is 0 Å². The Morgan fingerprint density at radius 3 is 0.815 bits per heavy atom. The van der Waals surface area contributed by atoms with Crippen LogP contribution in [0.1, 0.15) is 109 Å². The van der Waals surface area contributed by atoms with Crippen LogP contribution < -0.4 is 9.80 Å². The summed E-state index contributed by atoms with van der Waals surface area (Å²) in [6.45, 7) is 4.32. The molecule has 2 nitrogen and oxygen atoms in total. The summed E-state index contributed by atoms with van der Waals surface area (Å²) in [6, 6.07) is 99.6. The van der Waals surface area contributed by atoms with Gasteiger partial charge in [-0.3, -0.25) is 0 Å². The van der Waals surface area contributed by atoms with Gasteiger partial charge in [-0.05, 0) is 214 Å². The third kappa shape index (κ3) is 12.1. The van der Waals surface area contributed by atoms with E-state index in [1.807, 2.05) is 0 Å². The number of rotatable bonds is 14. The molecule has 0 unspecified atom stereocenters. The van der Waals surface area contributed by atoms with Crippen molar-refractivity contribution in [2.75, 3.05) is 9.80 Å². The number of benzene rings is 13. The number of allylic oxidation sites excluding steroid dienone is 2. The van der Waals surface area contributed by atoms with Crippen molar-refractivity contribution in [3.05, 3.63) is 323 Å². The van der Waals surface area contributed by atoms with Crippen LogP contribution in [0.2, 0.25) is 0 Å². The second-order valence-corrected chi connectivity index (χ2v) is 25.4. The Bertz CT molecular complexity index is 4560. The van der Waals surface area contributed by atoms with Crippen molar-refractivity contribution in [1.82, 2.24) is 0 Å². The van der Waals surface area contributed by atoms with Crippen LogP contribution in [-0.2, 0) is 0 Å². The molecule has 2 saturated carbocycles. The normalized spacial score (nSPS) is 13.6. The molecule has 13 aromatic carbocycles. The second kappa shape index (κ2) is 26.1. The largest absolute Gasteiger partial charge is 0.310 e. The van der Waals surface area contributed by atoms with E-state index in [1.54, 1.807) is 11.1 Å². The fourth-order valence-corrected chi connectivity index (χ4v) is 14.4. The van der Waals surface area contributed by atoms with Crippen molar-refractivity contribution in [1.29, 1.82) is 0 Å². The molecule has 2 aliphatic carbocycles. The van der Waals surface area contributed by atoms with Gasteiger partial charge in [-0.25, -0.2) is 0 Å². The van der Waals surface area contributed by atoms with Crippen molar-refractivity contribution >= 4 is 114 Å². The van der Waals surface area contributed by atoms with Gasteiger partial charge in [0.05, 0.1) is 11.4 Å². The van der Waals surface area contributed by atoms with E-state index in [4.69, 9.17) is 0 Å². The molecule has 0 aromatic heterocycles. The van der Waals surface area contributed by atoms with E-state index in [2.05, 4.69) is 327 Å². The molecule has 92 heavy (non-hydrogen) atoms. The summed E-state index contributed by atoms with van der Waals surface area (Å²) in [5, 5.41) is 9.66. The molecular weight excluding hydrogens is 1110 g/mol. The zero-order valence-electron chi connectivity index (χ0n) is 52.8. The second-order valence-electron chi connectivity index (χ2n) is 25.4. The van der Waals surface area contributed by atoms with E-state index < -0.39 is 0 Å². The van der Waals surface area contributed by atoms with Crippen LogP contribution in [0.5, 0.6) is 0 Å². The molecule has 2 fully saturated rings. The molecule has 0 spiro atoms. The van der Waals surface area contributed by atoms with Gasteiger partial charge in [0.15, 0.2) is 0 Å². The Kier molecular flexibility index (Phi) is 16.4. The van der Waals surface area contributed by atoms with E-state index in [-0.39, 0.29) is 0 Å². The predicted octanol–water partition coefficient (Wildman–Crippen LogP) is 26.2. The highest BCUT2D eigenvalue weighted by molar-refractivity contribution is 6.26. The Morgan fingerprint density at radius 2 is 0.500 bits per heavy atom. The lowest BCUT2D eigenvalue weighted by molar-refractivity contribution is 0.602. The molecule has 0 heterocycles. The van der Waals surface area contributed by atoms with Crippen LogP contribution in [0.4, 0.5) is 34.1 Å². The molecule has 15 rings (SSSR count). The maximum absolute atomic E-state index is 2.43. The smallest absolute Gasteiger partial charge is 0.0540 e. The van der Waals surface area contributed by atoms with Crippen LogP contribution >= 0.6 is 0 Å². The summed E-state index contributed by atoms with van der Waals surface area (Å²) in [6.07, 6.45) is 26.7. The highest BCUT2D eigenvalue weighted by atomic mass is 15.1. The van der Waals surface area contributed by atoms with E-state index in [9.17, 15) is 0 Å². The van der Waals surface area contributed by atoms with Crippen LogP contribution in [0.25, 0.3) is 102 Å². The van der Waals surface area contributed by atoms with Gasteiger partial charge in [-0.15, -0.1) is 0 Å². The minimum absolute atomic E-state index is 1.10. The quantitative estimate of drug-likeness (QED) is 0.0791. The standard InChI is InChI=1S/C90H76N2/c1-63-29-49-73(50-30-63)91(75-53-45-67(46-54-75)35-33-65-37-41-71(42-38-65)61-69-17-5-3-6-18-69)87-59-57-85(77-21-9-11-23-79(77)87)89-81-25-13-15-27-83(81)90(84-28-16-14-26-82(84)89)86-58-60-88(80-24-12-10-22-78(80)86)92(74-51-31-64(2)32-52-74)76-55-47-68(48-56-76)36-34-66-39-43-72(44-40-66)62-70-19-7-4-8-20-70/h9-16,21-62H,3-8,17-20H2,1-2H3. The molecule has 0 N–H and O–H groups in total. The van der Waals surface area contributed by atoms with Gasteiger partial charge in [0.25, 0.3) is 0 Å². The van der Waals surface area contributed by atoms with E-state index in [0.717, 1.165) is 45.3 Å². The van der Waals surface area contributed by atoms with Crippen LogP contribution in [0, 0.1) is 13.8 Å². The molecule has 0 aliphatic heterocycles. The summed E-state index contributed by atoms with van der Waals surface area (Å²) in [7, 11) is 0. The first-order valence-electron chi connectivity index (χ1n) is 33.3. The molecule has 0 saturated heterocycles. The maximum atomic E-state index is 2.43. The Hall–Kier alpha value is -10.5. The third-order valence-electron chi connectivity index (χ3n) is 19.2. The molecule has 446 valence electrons. The number of hydrogen-bond acceptors (Lipinski definition) is 2. The molecule has 13 aromatic rings. The molecular formula is C90H76N2. The number of nitrogens with zero attached hydrogens (tertiary/aromatic N) is 2. The number of hydrogen-bond donors (Lipinski definition) is 0. The molecule has 0 atom stereocenters. The zero-order valence-corrected chi connectivity index (χ0v) is 52.8. The van der Waals surface area contributed by atoms with Crippen LogP contribution in [0.3, 0.4) is 0 Å². The van der Waals surface area contributed by atoms with Gasteiger partial charge < -0.3 is 9.80 Å². The summed E-state index contributed by atoms with van der Waals surface area (Å²) in [5.74, 6) is 0. The van der Waals surface area contributed by atoms with Gasteiger partial charge >= 0.3 is 0 Å². The number of anilines is 6. The van der Waals surface area contributed by atoms with Crippen molar-refractivity contribution in [3.8, 4) is 22.3 Å². The lowest BCUT2D eigenvalue weighted by Crippen LogP contribution is -2.10. The summed E-state index contributed by atoms with van der Waals surface area (Å²) < 4.78 is 0. The lowest BCUT2D eigenvalue weighted by atomic mass is 9.83. The van der Waals surface area contributed by atoms with Gasteiger partial charge in [0, 0.05) is 33.5 Å². The Labute approximate surface area is 543 Å². The first-order chi connectivity index (χ1) is 45.4. The predicted molar refractivity (Wildman–Crippen MR) is 399 cm³/mol. The average molecular weight is 1190 g/mol. The van der Waals surface area contributed by atoms with Crippen molar-refractivity contribution in [2.24, 2.45) is 0 Å². The first-order valence-corrected chi connectivity index (χ1v) is 33.3. The van der Waals surface area contributed by atoms with E-state index in [1.165, 1.54) is 163 Å². The molecule has 2 heteroatoms. The van der Waals surface area contributed by atoms with Gasteiger partial charge in [0.2, 0.25) is 0 Å². The first kappa shape index (κ1) is 57.9. The summed E-state index contributed by atoms with van der Waals surface area (Å²) >= 11 is 0. The number of fused-ring (bicyclic) bond motifs is 4.